The lowest BCUT2D eigenvalue weighted by Crippen LogP contribution is -2.50. The first-order valence-corrected chi connectivity index (χ1v) is 6.93. The molecule has 3 rings (SSSR count). The quantitative estimate of drug-likeness (QED) is 0.832. The number of carbonyl (C=O) groups excluding carboxylic acids is 2. The van der Waals surface area contributed by atoms with Gasteiger partial charge in [0.15, 0.2) is 0 Å². The molecule has 1 unspecified atom stereocenters. The maximum absolute atomic E-state index is 12.5. The lowest BCUT2D eigenvalue weighted by atomic mass is 9.94. The minimum atomic E-state index is -1.17. The molecule has 2 amide bonds. The van der Waals surface area contributed by atoms with Crippen molar-refractivity contribution in [2.24, 2.45) is 0 Å². The summed E-state index contributed by atoms with van der Waals surface area (Å²) in [6.45, 7) is 2.70. The summed E-state index contributed by atoms with van der Waals surface area (Å²) in [6.07, 6.45) is -1.17. The summed E-state index contributed by atoms with van der Waals surface area (Å²) < 4.78 is 0. The molecule has 0 saturated carbocycles. The molecule has 0 aromatic heterocycles. The van der Waals surface area contributed by atoms with E-state index < -0.39 is 18.0 Å². The molecule has 0 aliphatic carbocycles. The van der Waals surface area contributed by atoms with Gasteiger partial charge in [0.1, 0.15) is 6.23 Å². The molecule has 0 radical (unpaired) electrons. The molecule has 2 N–H and O–H groups in total. The van der Waals surface area contributed by atoms with E-state index in [1.54, 1.807) is 24.3 Å². The normalized spacial score (nSPS) is 15.6. The highest BCUT2D eigenvalue weighted by molar-refractivity contribution is 6.25. The number of aliphatic hydroxyl groups is 1. The van der Waals surface area contributed by atoms with Crippen molar-refractivity contribution in [3.8, 4) is 0 Å². The van der Waals surface area contributed by atoms with Crippen molar-refractivity contribution in [3.05, 3.63) is 47.5 Å². The number of rotatable bonds is 4. The van der Waals surface area contributed by atoms with Crippen LogP contribution >= 0.6 is 0 Å². The number of nitrogens with one attached hydrogen (secondary N) is 1. The zero-order valence-electron chi connectivity index (χ0n) is 11.7. The maximum atomic E-state index is 12.5. The molecule has 1 atom stereocenters. The Morgan fingerprint density at radius 1 is 1.10 bits per heavy atom. The minimum Gasteiger partial charge on any atom is -0.372 e. The van der Waals surface area contributed by atoms with Crippen LogP contribution in [0.15, 0.2) is 36.4 Å². The molecular formula is C16H16N2O3. The van der Waals surface area contributed by atoms with Crippen LogP contribution in [0, 0.1) is 0 Å². The zero-order chi connectivity index (χ0) is 15.0. The van der Waals surface area contributed by atoms with Crippen LogP contribution in [0.5, 0.6) is 0 Å². The number of carbonyl (C=O) groups is 2. The highest BCUT2D eigenvalue weighted by Crippen LogP contribution is 2.30. The van der Waals surface area contributed by atoms with Crippen LogP contribution in [0.1, 0.15) is 27.6 Å². The summed E-state index contributed by atoms with van der Waals surface area (Å²) in [4.78, 5) is 26.0. The Bertz CT molecular complexity index is 676. The van der Waals surface area contributed by atoms with Gasteiger partial charge < -0.3 is 10.4 Å². The molecule has 2 aromatic carbocycles. The largest absolute Gasteiger partial charge is 0.372 e. The van der Waals surface area contributed by atoms with Gasteiger partial charge in [0.25, 0.3) is 11.8 Å². The van der Waals surface area contributed by atoms with E-state index in [1.165, 1.54) is 0 Å². The number of imide groups is 1. The lowest BCUT2D eigenvalue weighted by Gasteiger charge is -2.30. The van der Waals surface area contributed by atoms with Crippen molar-refractivity contribution in [2.45, 2.75) is 13.2 Å². The molecule has 1 aliphatic heterocycles. The first-order chi connectivity index (χ1) is 10.1. The molecule has 1 heterocycles. The number of benzene rings is 2. The SMILES string of the molecule is CCNCC(O)N1C(=O)c2cccc3cccc(c23)C1=O. The van der Waals surface area contributed by atoms with Crippen LogP contribution in [-0.4, -0.2) is 41.1 Å². The third-order valence-electron chi connectivity index (χ3n) is 3.68. The van der Waals surface area contributed by atoms with Crippen LogP contribution in [-0.2, 0) is 0 Å². The first-order valence-electron chi connectivity index (χ1n) is 6.93. The number of hydrogen-bond donors (Lipinski definition) is 2. The Hall–Kier alpha value is -2.24. The summed E-state index contributed by atoms with van der Waals surface area (Å²) in [7, 11) is 0. The lowest BCUT2D eigenvalue weighted by molar-refractivity contribution is 0.0103. The molecule has 0 bridgehead atoms. The number of amides is 2. The summed E-state index contributed by atoms with van der Waals surface area (Å²) >= 11 is 0. The second-order valence-corrected chi connectivity index (χ2v) is 4.98. The van der Waals surface area contributed by atoms with E-state index in [-0.39, 0.29) is 6.54 Å². The molecule has 2 aromatic rings. The van der Waals surface area contributed by atoms with E-state index >= 15 is 0 Å². The van der Waals surface area contributed by atoms with Crippen molar-refractivity contribution in [1.29, 1.82) is 0 Å². The van der Waals surface area contributed by atoms with Crippen LogP contribution in [0.4, 0.5) is 0 Å². The van der Waals surface area contributed by atoms with E-state index in [4.69, 9.17) is 0 Å². The third kappa shape index (κ3) is 2.11. The van der Waals surface area contributed by atoms with Gasteiger partial charge in [-0.25, -0.2) is 4.90 Å². The summed E-state index contributed by atoms with van der Waals surface area (Å²) in [5.74, 6) is -0.899. The Labute approximate surface area is 122 Å². The zero-order valence-corrected chi connectivity index (χ0v) is 11.7. The van der Waals surface area contributed by atoms with Crippen molar-refractivity contribution in [2.75, 3.05) is 13.1 Å². The molecule has 0 saturated heterocycles. The number of hydrogen-bond acceptors (Lipinski definition) is 4. The summed E-state index contributed by atoms with van der Waals surface area (Å²) in [5, 5.41) is 14.6. The monoisotopic (exact) mass is 284 g/mol. The predicted octanol–water partition coefficient (Wildman–Crippen LogP) is 1.36. The standard InChI is InChI=1S/C16H16N2O3/c1-2-17-9-13(19)18-15(20)11-7-3-5-10-6-4-8-12(14(10)11)16(18)21/h3-8,13,17,19H,2,9H2,1H3. The topological polar surface area (TPSA) is 69.6 Å². The third-order valence-corrected chi connectivity index (χ3v) is 3.68. The fourth-order valence-electron chi connectivity index (χ4n) is 2.68. The molecule has 0 spiro atoms. The van der Waals surface area contributed by atoms with Gasteiger partial charge in [0, 0.05) is 23.1 Å². The van der Waals surface area contributed by atoms with Crippen molar-refractivity contribution >= 4 is 22.6 Å². The highest BCUT2D eigenvalue weighted by Gasteiger charge is 2.36. The van der Waals surface area contributed by atoms with Crippen LogP contribution in [0.3, 0.4) is 0 Å². The second-order valence-electron chi connectivity index (χ2n) is 4.98. The van der Waals surface area contributed by atoms with Crippen LogP contribution in [0.2, 0.25) is 0 Å². The molecule has 21 heavy (non-hydrogen) atoms. The van der Waals surface area contributed by atoms with Gasteiger partial charge in [-0.3, -0.25) is 9.59 Å². The highest BCUT2D eigenvalue weighted by atomic mass is 16.3. The fourth-order valence-corrected chi connectivity index (χ4v) is 2.68. The van der Waals surface area contributed by atoms with Crippen LogP contribution < -0.4 is 5.32 Å². The minimum absolute atomic E-state index is 0.159. The van der Waals surface area contributed by atoms with E-state index in [9.17, 15) is 14.7 Å². The summed E-state index contributed by atoms with van der Waals surface area (Å²) in [6, 6.07) is 10.7. The van der Waals surface area contributed by atoms with Gasteiger partial charge >= 0.3 is 0 Å². The van der Waals surface area contributed by atoms with Gasteiger partial charge in [0.2, 0.25) is 0 Å². The van der Waals surface area contributed by atoms with Crippen molar-refractivity contribution in [3.63, 3.8) is 0 Å². The first kappa shape index (κ1) is 13.7. The van der Waals surface area contributed by atoms with E-state index in [1.807, 2.05) is 19.1 Å². The van der Waals surface area contributed by atoms with E-state index in [2.05, 4.69) is 5.32 Å². The van der Waals surface area contributed by atoms with Gasteiger partial charge in [-0.15, -0.1) is 0 Å². The van der Waals surface area contributed by atoms with Crippen LogP contribution in [0.25, 0.3) is 10.8 Å². The average Bonchev–Trinajstić information content (AvgIpc) is 2.50. The van der Waals surface area contributed by atoms with E-state index in [0.717, 1.165) is 10.3 Å². The van der Waals surface area contributed by atoms with Crippen molar-refractivity contribution < 1.29 is 14.7 Å². The Morgan fingerprint density at radius 3 is 2.19 bits per heavy atom. The molecule has 1 aliphatic rings. The molecule has 108 valence electrons. The van der Waals surface area contributed by atoms with Gasteiger partial charge in [0.05, 0.1) is 0 Å². The smallest absolute Gasteiger partial charge is 0.263 e. The number of likely N-dealkylation sites (N-methyl/N-ethyl adjacent to an activating group) is 1. The molecular weight excluding hydrogens is 268 g/mol. The number of nitrogens with zero attached hydrogens (tertiary/aromatic N) is 1. The maximum Gasteiger partial charge on any atom is 0.263 e. The Kier molecular flexibility index (Phi) is 3.45. The Morgan fingerprint density at radius 2 is 1.67 bits per heavy atom. The van der Waals surface area contributed by atoms with Gasteiger partial charge in [-0.05, 0) is 24.1 Å². The van der Waals surface area contributed by atoms with Gasteiger partial charge in [-0.1, -0.05) is 31.2 Å². The molecule has 5 nitrogen and oxygen atoms in total. The predicted molar refractivity (Wildman–Crippen MR) is 79.0 cm³/mol. The van der Waals surface area contributed by atoms with Crippen molar-refractivity contribution in [1.82, 2.24) is 10.2 Å². The fraction of sp³-hybridized carbons (Fsp3) is 0.250. The van der Waals surface area contributed by atoms with E-state index in [0.29, 0.717) is 23.1 Å². The average molecular weight is 284 g/mol. The Balaban J connectivity index is 2.11. The molecule has 5 heteroatoms. The second kappa shape index (κ2) is 5.27. The summed E-state index contributed by atoms with van der Waals surface area (Å²) in [5.41, 5.74) is 0.913. The molecule has 0 fully saturated rings. The van der Waals surface area contributed by atoms with Gasteiger partial charge in [-0.2, -0.15) is 0 Å². The number of aliphatic hydroxyl groups excluding tert-OH is 1.